The lowest BCUT2D eigenvalue weighted by molar-refractivity contribution is -0.122. The second kappa shape index (κ2) is 6.16. The van der Waals surface area contributed by atoms with E-state index in [0.29, 0.717) is 13.0 Å². The van der Waals surface area contributed by atoms with Crippen LogP contribution in [0.25, 0.3) is 0 Å². The van der Waals surface area contributed by atoms with Crippen LogP contribution in [0.4, 0.5) is 0 Å². The lowest BCUT2D eigenvalue weighted by atomic mass is 9.79. The van der Waals surface area contributed by atoms with E-state index in [2.05, 4.69) is 38.3 Å². The smallest absolute Gasteiger partial charge is 0.307 e. The molecule has 1 fully saturated rings. The van der Waals surface area contributed by atoms with E-state index in [0.717, 1.165) is 18.5 Å². The molecule has 22 heavy (non-hydrogen) atoms. The van der Waals surface area contributed by atoms with Crippen molar-refractivity contribution in [2.45, 2.75) is 77.5 Å². The van der Waals surface area contributed by atoms with Crippen molar-refractivity contribution >= 4 is 17.2 Å². The van der Waals surface area contributed by atoms with Gasteiger partial charge in [0.1, 0.15) is 0 Å². The van der Waals surface area contributed by atoms with Crippen LogP contribution in [0.5, 0.6) is 0 Å². The van der Waals surface area contributed by atoms with E-state index in [1.165, 1.54) is 11.3 Å². The Balaban J connectivity index is 1.91. The average Bonchev–Trinajstić information content (AvgIpc) is 2.62. The molecular formula is C16H27N3O2S. The number of aryl methyl sites for hydroxylation is 1. The van der Waals surface area contributed by atoms with Crippen LogP contribution in [0.3, 0.4) is 0 Å². The van der Waals surface area contributed by atoms with Crippen molar-refractivity contribution in [1.82, 2.24) is 15.2 Å². The van der Waals surface area contributed by atoms with Crippen molar-refractivity contribution in [3.05, 3.63) is 20.7 Å². The Bertz CT molecular complexity index is 585. The number of carbonyl (C=O) groups excluding carboxylic acids is 1. The largest absolute Gasteiger partial charge is 0.353 e. The Kier molecular flexibility index (Phi) is 4.82. The van der Waals surface area contributed by atoms with Gasteiger partial charge in [0.15, 0.2) is 0 Å². The third-order valence-electron chi connectivity index (χ3n) is 4.09. The summed E-state index contributed by atoms with van der Waals surface area (Å²) in [6.07, 6.45) is 2.18. The van der Waals surface area contributed by atoms with E-state index in [1.54, 1.807) is 4.57 Å². The molecule has 1 amide bonds. The zero-order valence-corrected chi connectivity index (χ0v) is 15.0. The van der Waals surface area contributed by atoms with Crippen LogP contribution >= 0.6 is 11.3 Å². The predicted octanol–water partition coefficient (Wildman–Crippen LogP) is 2.03. The lowest BCUT2D eigenvalue weighted by Gasteiger charge is -2.46. The SMILES string of the molecule is Cc1csc(=O)n1CCC(=O)NC1CC(C)(C)NC(C)(C)C1. The Morgan fingerprint density at radius 2 is 1.95 bits per heavy atom. The van der Waals surface area contributed by atoms with Crippen molar-refractivity contribution in [3.63, 3.8) is 0 Å². The molecule has 1 aromatic rings. The molecule has 2 rings (SSSR count). The molecule has 0 bridgehead atoms. The number of hydrogen-bond donors (Lipinski definition) is 2. The molecule has 0 aliphatic carbocycles. The van der Waals surface area contributed by atoms with Crippen LogP contribution in [0, 0.1) is 6.92 Å². The molecule has 2 heterocycles. The van der Waals surface area contributed by atoms with Gasteiger partial charge in [-0.3, -0.25) is 9.59 Å². The summed E-state index contributed by atoms with van der Waals surface area (Å²) in [6.45, 7) is 11.0. The normalized spacial score (nSPS) is 20.8. The molecule has 0 atom stereocenters. The van der Waals surface area contributed by atoms with Crippen molar-refractivity contribution in [2.75, 3.05) is 0 Å². The van der Waals surface area contributed by atoms with Gasteiger partial charge in [0.2, 0.25) is 5.91 Å². The Morgan fingerprint density at radius 3 is 2.45 bits per heavy atom. The van der Waals surface area contributed by atoms with Crippen molar-refractivity contribution in [2.24, 2.45) is 0 Å². The molecule has 0 radical (unpaired) electrons. The monoisotopic (exact) mass is 325 g/mol. The fourth-order valence-electron chi connectivity index (χ4n) is 3.61. The molecule has 124 valence electrons. The van der Waals surface area contributed by atoms with Gasteiger partial charge in [0, 0.05) is 41.2 Å². The summed E-state index contributed by atoms with van der Waals surface area (Å²) < 4.78 is 1.67. The van der Waals surface area contributed by atoms with E-state index < -0.39 is 0 Å². The lowest BCUT2D eigenvalue weighted by Crippen LogP contribution is -2.62. The molecule has 6 heteroatoms. The van der Waals surface area contributed by atoms with Crippen LogP contribution in [-0.4, -0.2) is 27.6 Å². The first kappa shape index (κ1) is 17.2. The topological polar surface area (TPSA) is 63.1 Å². The summed E-state index contributed by atoms with van der Waals surface area (Å²) in [5, 5.41) is 8.58. The van der Waals surface area contributed by atoms with Crippen molar-refractivity contribution < 1.29 is 4.79 Å². The molecule has 5 nitrogen and oxygen atoms in total. The second-order valence-electron chi connectivity index (χ2n) is 7.61. The second-order valence-corrected chi connectivity index (χ2v) is 8.43. The number of hydrogen-bond acceptors (Lipinski definition) is 4. The summed E-state index contributed by atoms with van der Waals surface area (Å²) in [5.74, 6) is 0.0241. The first-order valence-corrected chi connectivity index (χ1v) is 8.70. The Morgan fingerprint density at radius 1 is 1.36 bits per heavy atom. The molecule has 1 aromatic heterocycles. The third-order valence-corrected chi connectivity index (χ3v) is 4.98. The molecule has 0 saturated carbocycles. The highest BCUT2D eigenvalue weighted by Gasteiger charge is 2.38. The Hall–Kier alpha value is -1.14. The standard InChI is InChI=1S/C16H27N3O2S/c1-11-10-22-14(21)19(11)7-6-13(20)17-12-8-15(2,3)18-16(4,5)9-12/h10,12,18H,6-9H2,1-5H3,(H,17,20). The summed E-state index contributed by atoms with van der Waals surface area (Å²) in [6, 6.07) is 0.180. The molecule has 2 N–H and O–H groups in total. The van der Waals surface area contributed by atoms with E-state index in [1.807, 2.05) is 12.3 Å². The van der Waals surface area contributed by atoms with E-state index in [-0.39, 0.29) is 27.9 Å². The summed E-state index contributed by atoms with van der Waals surface area (Å²) >= 11 is 1.19. The highest BCUT2D eigenvalue weighted by molar-refractivity contribution is 7.07. The summed E-state index contributed by atoms with van der Waals surface area (Å²) in [4.78, 5) is 23.9. The highest BCUT2D eigenvalue weighted by atomic mass is 32.1. The van der Waals surface area contributed by atoms with Crippen LogP contribution in [-0.2, 0) is 11.3 Å². The van der Waals surface area contributed by atoms with Gasteiger partial charge in [-0.1, -0.05) is 11.3 Å². The van der Waals surface area contributed by atoms with Gasteiger partial charge in [-0.2, -0.15) is 0 Å². The molecular weight excluding hydrogens is 298 g/mol. The minimum atomic E-state index is 0.00873. The number of thiazole rings is 1. The zero-order chi connectivity index (χ0) is 16.5. The van der Waals surface area contributed by atoms with Gasteiger partial charge in [-0.25, -0.2) is 0 Å². The van der Waals surface area contributed by atoms with Gasteiger partial charge in [-0.05, 0) is 47.5 Å². The van der Waals surface area contributed by atoms with E-state index in [4.69, 9.17) is 0 Å². The number of piperidine rings is 1. The summed E-state index contributed by atoms with van der Waals surface area (Å²) in [7, 11) is 0. The van der Waals surface area contributed by atoms with Crippen LogP contribution in [0.1, 0.15) is 52.7 Å². The van der Waals surface area contributed by atoms with Crippen molar-refractivity contribution in [3.8, 4) is 0 Å². The molecule has 1 aliphatic heterocycles. The molecule has 0 spiro atoms. The van der Waals surface area contributed by atoms with Crippen LogP contribution in [0.15, 0.2) is 10.2 Å². The Labute approximate surface area is 136 Å². The molecule has 1 aliphatic rings. The van der Waals surface area contributed by atoms with E-state index in [9.17, 15) is 9.59 Å². The first-order valence-electron chi connectivity index (χ1n) is 7.82. The number of rotatable bonds is 4. The van der Waals surface area contributed by atoms with Crippen molar-refractivity contribution in [1.29, 1.82) is 0 Å². The van der Waals surface area contributed by atoms with Gasteiger partial charge in [-0.15, -0.1) is 0 Å². The quantitative estimate of drug-likeness (QED) is 0.890. The van der Waals surface area contributed by atoms with Gasteiger partial charge in [0.25, 0.3) is 0 Å². The number of carbonyl (C=O) groups is 1. The number of amides is 1. The zero-order valence-electron chi connectivity index (χ0n) is 14.2. The van der Waals surface area contributed by atoms with Gasteiger partial charge < -0.3 is 15.2 Å². The first-order chi connectivity index (χ1) is 10.1. The summed E-state index contributed by atoms with van der Waals surface area (Å²) in [5.41, 5.74) is 0.952. The third kappa shape index (κ3) is 4.43. The van der Waals surface area contributed by atoms with Gasteiger partial charge >= 0.3 is 4.87 Å². The molecule has 1 saturated heterocycles. The minimum Gasteiger partial charge on any atom is -0.353 e. The number of nitrogens with zero attached hydrogens (tertiary/aromatic N) is 1. The molecule has 0 unspecified atom stereocenters. The maximum Gasteiger partial charge on any atom is 0.307 e. The fourth-order valence-corrected chi connectivity index (χ4v) is 4.37. The molecule has 0 aromatic carbocycles. The maximum absolute atomic E-state index is 12.2. The maximum atomic E-state index is 12.2. The number of nitrogens with one attached hydrogen (secondary N) is 2. The van der Waals surface area contributed by atoms with Gasteiger partial charge in [0.05, 0.1) is 0 Å². The fraction of sp³-hybridized carbons (Fsp3) is 0.750. The van der Waals surface area contributed by atoms with Crippen LogP contribution < -0.4 is 15.5 Å². The minimum absolute atomic E-state index is 0.00873. The highest BCUT2D eigenvalue weighted by Crippen LogP contribution is 2.28. The average molecular weight is 325 g/mol. The number of aromatic nitrogens is 1. The van der Waals surface area contributed by atoms with E-state index >= 15 is 0 Å². The van der Waals surface area contributed by atoms with Crippen LogP contribution in [0.2, 0.25) is 0 Å². The predicted molar refractivity (Wildman–Crippen MR) is 90.4 cm³/mol.